The molecule has 25 heavy (non-hydrogen) atoms. The minimum atomic E-state index is -0.814. The van der Waals surface area contributed by atoms with Gasteiger partial charge >= 0.3 is 6.03 Å². The van der Waals surface area contributed by atoms with Gasteiger partial charge in [0, 0.05) is 4.90 Å². The second-order valence-corrected chi connectivity index (χ2v) is 8.36. The number of hydrogen-bond acceptors (Lipinski definition) is 4. The lowest BCUT2D eigenvalue weighted by atomic mass is 9.82. The van der Waals surface area contributed by atoms with E-state index in [0.717, 1.165) is 40.3 Å². The SMILES string of the molecule is Cc1ccc2c(c1)S[C@H](C(=O)NN1C(=O)NC3(CCCCC3)C1=O)C2. The summed E-state index contributed by atoms with van der Waals surface area (Å²) in [5.41, 5.74) is 4.03. The first-order chi connectivity index (χ1) is 12.0. The van der Waals surface area contributed by atoms with Gasteiger partial charge in [-0.25, -0.2) is 4.79 Å². The van der Waals surface area contributed by atoms with Crippen LogP contribution in [0.4, 0.5) is 4.79 Å². The third kappa shape index (κ3) is 2.80. The highest BCUT2D eigenvalue weighted by molar-refractivity contribution is 8.01. The Kier molecular flexibility index (Phi) is 3.98. The number of nitrogens with zero attached hydrogens (tertiary/aromatic N) is 1. The Morgan fingerprint density at radius 3 is 2.80 bits per heavy atom. The molecular formula is C18H21N3O3S. The molecule has 3 aliphatic rings. The van der Waals surface area contributed by atoms with Gasteiger partial charge in [-0.15, -0.1) is 11.8 Å². The number of urea groups is 1. The van der Waals surface area contributed by atoms with E-state index < -0.39 is 11.6 Å². The van der Waals surface area contributed by atoms with E-state index in [-0.39, 0.29) is 17.1 Å². The van der Waals surface area contributed by atoms with Gasteiger partial charge in [0.25, 0.3) is 11.8 Å². The summed E-state index contributed by atoms with van der Waals surface area (Å²) in [7, 11) is 0. The second kappa shape index (κ2) is 6.05. The molecule has 4 rings (SSSR count). The molecule has 0 radical (unpaired) electrons. The molecule has 1 aromatic rings. The summed E-state index contributed by atoms with van der Waals surface area (Å²) in [4.78, 5) is 38.7. The normalized spacial score (nSPS) is 24.4. The lowest BCUT2D eigenvalue weighted by Crippen LogP contribution is -2.52. The van der Waals surface area contributed by atoms with Crippen LogP contribution in [0.1, 0.15) is 43.2 Å². The molecule has 2 fully saturated rings. The molecule has 132 valence electrons. The highest BCUT2D eigenvalue weighted by Crippen LogP contribution is 2.38. The number of hydrazine groups is 1. The molecule has 1 saturated carbocycles. The molecule has 0 aromatic heterocycles. The van der Waals surface area contributed by atoms with E-state index in [9.17, 15) is 14.4 Å². The van der Waals surface area contributed by atoms with Gasteiger partial charge in [0.1, 0.15) is 5.54 Å². The number of carbonyl (C=O) groups is 3. The van der Waals surface area contributed by atoms with Crippen molar-refractivity contribution in [3.63, 3.8) is 0 Å². The maximum absolute atomic E-state index is 12.7. The van der Waals surface area contributed by atoms with Gasteiger partial charge in [-0.1, -0.05) is 37.0 Å². The average molecular weight is 359 g/mol. The molecule has 2 aliphatic heterocycles. The number of imide groups is 1. The lowest BCUT2D eigenvalue weighted by molar-refractivity contribution is -0.139. The van der Waals surface area contributed by atoms with E-state index in [2.05, 4.69) is 16.8 Å². The minimum Gasteiger partial charge on any atom is -0.322 e. The molecule has 0 unspecified atom stereocenters. The summed E-state index contributed by atoms with van der Waals surface area (Å²) in [6, 6.07) is 5.62. The molecule has 2 N–H and O–H groups in total. The van der Waals surface area contributed by atoms with E-state index in [4.69, 9.17) is 0 Å². The van der Waals surface area contributed by atoms with Crippen molar-refractivity contribution in [2.24, 2.45) is 0 Å². The number of thioether (sulfide) groups is 1. The van der Waals surface area contributed by atoms with E-state index in [0.29, 0.717) is 19.3 Å². The molecule has 6 nitrogen and oxygen atoms in total. The summed E-state index contributed by atoms with van der Waals surface area (Å²) in [6.45, 7) is 2.02. The number of hydrogen-bond donors (Lipinski definition) is 2. The van der Waals surface area contributed by atoms with Crippen LogP contribution in [0.5, 0.6) is 0 Å². The Balaban J connectivity index is 1.45. The first-order valence-corrected chi connectivity index (χ1v) is 9.60. The molecule has 0 bridgehead atoms. The Labute approximate surface area is 150 Å². The molecule has 1 atom stereocenters. The van der Waals surface area contributed by atoms with Crippen LogP contribution in [0, 0.1) is 6.92 Å². The van der Waals surface area contributed by atoms with E-state index in [1.807, 2.05) is 19.1 Å². The lowest BCUT2D eigenvalue weighted by Gasteiger charge is -2.30. The molecular weight excluding hydrogens is 338 g/mol. The second-order valence-electron chi connectivity index (χ2n) is 7.11. The van der Waals surface area contributed by atoms with Crippen molar-refractivity contribution in [3.05, 3.63) is 29.3 Å². The van der Waals surface area contributed by atoms with E-state index >= 15 is 0 Å². The number of nitrogens with one attached hydrogen (secondary N) is 2. The van der Waals surface area contributed by atoms with E-state index in [1.54, 1.807) is 0 Å². The molecule has 1 saturated heterocycles. The topological polar surface area (TPSA) is 78.5 Å². The number of benzene rings is 1. The maximum atomic E-state index is 12.7. The fourth-order valence-corrected chi connectivity index (χ4v) is 5.17. The predicted molar refractivity (Wildman–Crippen MR) is 93.9 cm³/mol. The van der Waals surface area contributed by atoms with Gasteiger partial charge in [0.05, 0.1) is 5.25 Å². The van der Waals surface area contributed by atoms with Crippen molar-refractivity contribution in [2.45, 2.75) is 61.1 Å². The van der Waals surface area contributed by atoms with Gasteiger partial charge < -0.3 is 5.32 Å². The average Bonchev–Trinajstić information content (AvgIpc) is 3.10. The van der Waals surface area contributed by atoms with Crippen LogP contribution >= 0.6 is 11.8 Å². The van der Waals surface area contributed by atoms with Gasteiger partial charge in [-0.2, -0.15) is 5.01 Å². The van der Waals surface area contributed by atoms with Crippen LogP contribution in [0.3, 0.4) is 0 Å². The summed E-state index contributed by atoms with van der Waals surface area (Å²) < 4.78 is 0. The molecule has 7 heteroatoms. The summed E-state index contributed by atoms with van der Waals surface area (Å²) >= 11 is 1.49. The first-order valence-electron chi connectivity index (χ1n) is 8.72. The van der Waals surface area contributed by atoms with Crippen molar-refractivity contribution >= 4 is 29.6 Å². The van der Waals surface area contributed by atoms with Gasteiger partial charge in [0.2, 0.25) is 0 Å². The third-order valence-electron chi connectivity index (χ3n) is 5.28. The van der Waals surface area contributed by atoms with E-state index in [1.165, 1.54) is 11.8 Å². The standard InChI is InChI=1S/C18H21N3O3S/c1-11-5-6-12-10-14(25-13(12)9-11)15(22)20-21-16(23)18(19-17(21)24)7-3-2-4-8-18/h5-6,9,14H,2-4,7-8,10H2,1H3,(H,19,24)(H,20,22)/t14-/m0/s1. The van der Waals surface area contributed by atoms with Crippen LogP contribution in [-0.4, -0.2) is 33.6 Å². The van der Waals surface area contributed by atoms with Crippen LogP contribution in [0.2, 0.25) is 0 Å². The maximum Gasteiger partial charge on any atom is 0.344 e. The minimum absolute atomic E-state index is 0.296. The highest BCUT2D eigenvalue weighted by atomic mass is 32.2. The smallest absolute Gasteiger partial charge is 0.322 e. The largest absolute Gasteiger partial charge is 0.344 e. The molecule has 4 amide bonds. The van der Waals surface area contributed by atoms with Crippen LogP contribution in [0.25, 0.3) is 0 Å². The fraction of sp³-hybridized carbons (Fsp3) is 0.500. The number of rotatable bonds is 2. The van der Waals surface area contributed by atoms with Crippen LogP contribution < -0.4 is 10.7 Å². The summed E-state index contributed by atoms with van der Waals surface area (Å²) in [6.07, 6.45) is 4.82. The molecule has 2 heterocycles. The fourth-order valence-electron chi connectivity index (χ4n) is 3.88. The van der Waals surface area contributed by atoms with Crippen molar-refractivity contribution in [2.75, 3.05) is 0 Å². The Hall–Kier alpha value is -2.02. The monoisotopic (exact) mass is 359 g/mol. The molecule has 1 aromatic carbocycles. The number of amides is 4. The van der Waals surface area contributed by atoms with Crippen molar-refractivity contribution < 1.29 is 14.4 Å². The molecule has 1 aliphatic carbocycles. The van der Waals surface area contributed by atoms with Crippen LogP contribution in [-0.2, 0) is 16.0 Å². The molecule has 1 spiro atoms. The number of carbonyl (C=O) groups excluding carboxylic acids is 3. The zero-order chi connectivity index (χ0) is 17.6. The highest BCUT2D eigenvalue weighted by Gasteiger charge is 2.52. The Morgan fingerprint density at radius 1 is 1.28 bits per heavy atom. The van der Waals surface area contributed by atoms with Gasteiger partial charge in [-0.05, 0) is 37.8 Å². The number of aryl methyl sites for hydroxylation is 1. The first kappa shape index (κ1) is 16.4. The summed E-state index contributed by atoms with van der Waals surface area (Å²) in [5, 5.41) is 3.38. The Bertz CT molecular complexity index is 758. The van der Waals surface area contributed by atoms with Crippen LogP contribution in [0.15, 0.2) is 23.1 Å². The van der Waals surface area contributed by atoms with Gasteiger partial charge in [0.15, 0.2) is 0 Å². The van der Waals surface area contributed by atoms with Crippen molar-refractivity contribution in [1.29, 1.82) is 0 Å². The zero-order valence-corrected chi connectivity index (χ0v) is 14.9. The summed E-state index contributed by atoms with van der Waals surface area (Å²) in [5.74, 6) is -0.614. The van der Waals surface area contributed by atoms with Crippen molar-refractivity contribution in [1.82, 2.24) is 15.8 Å². The van der Waals surface area contributed by atoms with Crippen molar-refractivity contribution in [3.8, 4) is 0 Å². The Morgan fingerprint density at radius 2 is 2.04 bits per heavy atom. The van der Waals surface area contributed by atoms with Gasteiger partial charge in [-0.3, -0.25) is 15.0 Å². The zero-order valence-electron chi connectivity index (χ0n) is 14.1. The third-order valence-corrected chi connectivity index (χ3v) is 6.58. The quantitative estimate of drug-likeness (QED) is 0.794. The number of fused-ring (bicyclic) bond motifs is 1. The predicted octanol–water partition coefficient (Wildman–Crippen LogP) is 2.30.